The van der Waals surface area contributed by atoms with Crippen LogP contribution < -0.4 is 15.3 Å². The summed E-state index contributed by atoms with van der Waals surface area (Å²) in [6.07, 6.45) is 0. The first-order valence-corrected chi connectivity index (χ1v) is 8.13. The van der Waals surface area contributed by atoms with Crippen LogP contribution in [-0.4, -0.2) is 33.2 Å². The Balaban J connectivity index is 0.000000429. The fraction of sp³-hybridized carbons (Fsp3) is 0. The van der Waals surface area contributed by atoms with E-state index >= 15 is 0 Å². The molecule has 1 radical (unpaired) electrons. The van der Waals surface area contributed by atoms with Crippen molar-refractivity contribution in [3.8, 4) is 17.2 Å². The van der Waals surface area contributed by atoms with E-state index in [4.69, 9.17) is 15.3 Å². The molecule has 0 aliphatic rings. The van der Waals surface area contributed by atoms with Crippen molar-refractivity contribution in [2.24, 2.45) is 0 Å². The zero-order valence-corrected chi connectivity index (χ0v) is 18.9. The molecule has 3 N–H and O–H groups in total. The number of rotatable bonds is 3. The smallest absolute Gasteiger partial charge is 0.545 e. The first-order chi connectivity index (χ1) is 14.1. The molecule has 0 atom stereocenters. The van der Waals surface area contributed by atoms with Crippen molar-refractivity contribution in [1.29, 1.82) is 0 Å². The van der Waals surface area contributed by atoms with Gasteiger partial charge in [-0.15, -0.1) is 0 Å². The van der Waals surface area contributed by atoms with Gasteiger partial charge in [0.2, 0.25) is 0 Å². The molecule has 0 bridgehead atoms. The Morgan fingerprint density at radius 2 is 0.677 bits per heavy atom. The molecule has 0 aliphatic carbocycles. The van der Waals surface area contributed by atoms with E-state index in [2.05, 4.69) is 0 Å². The van der Waals surface area contributed by atoms with Crippen LogP contribution in [0.5, 0.6) is 17.2 Å². The monoisotopic (exact) mass is 551 g/mol. The van der Waals surface area contributed by atoms with E-state index in [1.54, 1.807) is 18.2 Å². The van der Waals surface area contributed by atoms with Gasteiger partial charge in [-0.1, -0.05) is 36.4 Å². The third kappa shape index (κ3) is 9.46. The van der Waals surface area contributed by atoms with Crippen LogP contribution in [0.4, 0.5) is 0 Å². The Labute approximate surface area is 210 Å². The number of phenols is 3. The van der Waals surface area contributed by atoms with Gasteiger partial charge in [0.25, 0.3) is 0 Å². The number of aromatic hydroxyl groups is 3. The number of para-hydroxylation sites is 3. The largest absolute Gasteiger partial charge is 3.00 e. The number of aromatic carboxylic acids is 3. The van der Waals surface area contributed by atoms with Crippen molar-refractivity contribution in [1.82, 2.24) is 0 Å². The molecular formula is C21H15CeO9. The predicted molar refractivity (Wildman–Crippen MR) is 97.3 cm³/mol. The fourth-order valence-corrected chi connectivity index (χ4v) is 1.94. The van der Waals surface area contributed by atoms with Gasteiger partial charge in [-0.25, -0.2) is 0 Å². The van der Waals surface area contributed by atoms with Crippen LogP contribution in [0.2, 0.25) is 0 Å². The topological polar surface area (TPSA) is 181 Å². The molecule has 0 amide bonds. The molecule has 31 heavy (non-hydrogen) atoms. The predicted octanol–water partition coefficient (Wildman–Crippen LogP) is -0.733. The first kappa shape index (κ1) is 27.8. The van der Waals surface area contributed by atoms with E-state index in [0.717, 1.165) is 0 Å². The minimum Gasteiger partial charge on any atom is -0.545 e. The molecule has 157 valence electrons. The Hall–Kier alpha value is -3.15. The Kier molecular flexibility index (Phi) is 12.5. The number of benzene rings is 3. The van der Waals surface area contributed by atoms with E-state index in [9.17, 15) is 29.7 Å². The van der Waals surface area contributed by atoms with Crippen LogP contribution in [0.1, 0.15) is 31.1 Å². The van der Waals surface area contributed by atoms with E-state index in [-0.39, 0.29) is 75.7 Å². The summed E-state index contributed by atoms with van der Waals surface area (Å²) in [5.74, 6) is -4.87. The summed E-state index contributed by atoms with van der Waals surface area (Å²) in [5.41, 5.74) is -0.535. The summed E-state index contributed by atoms with van der Waals surface area (Å²) in [4.78, 5) is 30.5. The molecule has 0 saturated carbocycles. The van der Waals surface area contributed by atoms with Gasteiger partial charge in [0.05, 0.1) is 17.9 Å². The van der Waals surface area contributed by atoms with E-state index in [0.29, 0.717) is 0 Å². The molecule has 0 heterocycles. The van der Waals surface area contributed by atoms with Gasteiger partial charge in [-0.05, 0) is 36.4 Å². The van der Waals surface area contributed by atoms with Gasteiger partial charge < -0.3 is 45.0 Å². The van der Waals surface area contributed by atoms with Crippen molar-refractivity contribution in [3.63, 3.8) is 0 Å². The summed E-state index contributed by atoms with van der Waals surface area (Å²) in [7, 11) is 0. The number of carboxylic acid groups (broad SMARTS) is 3. The molecule has 0 saturated heterocycles. The standard InChI is InChI=1S/3C7H6O3.Ce/c3*8-6-4-2-1-3-5(6)7(9)10;/h3*1-4,8H,(H,9,10);/q;;;+3/p-3. The van der Waals surface area contributed by atoms with Crippen molar-refractivity contribution in [2.45, 2.75) is 0 Å². The molecule has 0 unspecified atom stereocenters. The molecule has 3 aromatic carbocycles. The Morgan fingerprint density at radius 1 is 0.484 bits per heavy atom. The molecule has 0 spiro atoms. The molecule has 3 rings (SSSR count). The Bertz CT molecular complexity index is 903. The Morgan fingerprint density at radius 3 is 0.806 bits per heavy atom. The summed E-state index contributed by atoms with van der Waals surface area (Å²) in [6, 6.07) is 16.9. The summed E-state index contributed by atoms with van der Waals surface area (Å²) < 4.78 is 0. The number of hydrogen-bond acceptors (Lipinski definition) is 9. The third-order valence-electron chi connectivity index (χ3n) is 3.37. The average Bonchev–Trinajstić information content (AvgIpc) is 2.69. The number of hydrogen-bond donors (Lipinski definition) is 3. The van der Waals surface area contributed by atoms with Crippen molar-refractivity contribution >= 4 is 17.9 Å². The summed E-state index contributed by atoms with van der Waals surface area (Å²) >= 11 is 0. The van der Waals surface area contributed by atoms with Crippen LogP contribution in [0.3, 0.4) is 0 Å². The van der Waals surface area contributed by atoms with Gasteiger partial charge in [0.15, 0.2) is 0 Å². The average molecular weight is 551 g/mol. The first-order valence-electron chi connectivity index (χ1n) is 8.13. The summed E-state index contributed by atoms with van der Waals surface area (Å²) in [5, 5.41) is 57.0. The minimum atomic E-state index is -1.36. The van der Waals surface area contributed by atoms with Crippen LogP contribution in [0, 0.1) is 41.7 Å². The van der Waals surface area contributed by atoms with Crippen molar-refractivity contribution < 1.29 is 86.8 Å². The number of carbonyl (C=O) groups excluding carboxylic acids is 3. The van der Waals surface area contributed by atoms with Crippen LogP contribution in [0.25, 0.3) is 0 Å². The second-order valence-electron chi connectivity index (χ2n) is 5.41. The fourth-order valence-electron chi connectivity index (χ4n) is 1.94. The normalized spacial score (nSPS) is 8.90. The maximum atomic E-state index is 10.2. The third-order valence-corrected chi connectivity index (χ3v) is 3.37. The minimum absolute atomic E-state index is 0. The maximum absolute atomic E-state index is 10.2. The van der Waals surface area contributed by atoms with Gasteiger partial charge in [0, 0.05) is 16.7 Å². The molecule has 10 heteroatoms. The second-order valence-corrected chi connectivity index (χ2v) is 5.41. The van der Waals surface area contributed by atoms with Gasteiger partial charge in [-0.3, -0.25) is 0 Å². The van der Waals surface area contributed by atoms with E-state index in [1.807, 2.05) is 0 Å². The molecular weight excluding hydrogens is 536 g/mol. The van der Waals surface area contributed by atoms with Crippen molar-refractivity contribution in [2.75, 3.05) is 0 Å². The molecule has 3 aromatic rings. The van der Waals surface area contributed by atoms with Crippen LogP contribution in [-0.2, 0) is 0 Å². The molecule has 0 aliphatic heterocycles. The van der Waals surface area contributed by atoms with Crippen LogP contribution >= 0.6 is 0 Å². The summed E-state index contributed by atoms with van der Waals surface area (Å²) in [6.45, 7) is 0. The number of carbonyl (C=O) groups is 3. The van der Waals surface area contributed by atoms with Gasteiger partial charge in [0.1, 0.15) is 17.2 Å². The quantitative estimate of drug-likeness (QED) is 0.378. The van der Waals surface area contributed by atoms with Gasteiger partial charge in [-0.2, -0.15) is 0 Å². The molecule has 0 aromatic heterocycles. The SMILES string of the molecule is O=C([O-])c1ccccc1O.O=C([O-])c1ccccc1O.O=C([O-])c1ccccc1O.[Ce+3]. The van der Waals surface area contributed by atoms with Gasteiger partial charge >= 0.3 is 41.7 Å². The maximum Gasteiger partial charge on any atom is 3.00 e. The van der Waals surface area contributed by atoms with Crippen molar-refractivity contribution in [3.05, 3.63) is 89.5 Å². The second kappa shape index (κ2) is 14.0. The molecule has 9 nitrogen and oxygen atoms in total. The molecule has 0 fully saturated rings. The zero-order chi connectivity index (χ0) is 22.7. The van der Waals surface area contributed by atoms with E-state index < -0.39 is 17.9 Å². The zero-order valence-electron chi connectivity index (χ0n) is 15.7. The van der Waals surface area contributed by atoms with Crippen LogP contribution in [0.15, 0.2) is 72.8 Å². The van der Waals surface area contributed by atoms with E-state index in [1.165, 1.54) is 54.6 Å². The number of carboxylic acids is 3.